The quantitative estimate of drug-likeness (QED) is 0.173. The van der Waals surface area contributed by atoms with Crippen molar-refractivity contribution >= 4 is 96.3 Å². The molecule has 2 aromatic heterocycles. The van der Waals surface area contributed by atoms with Gasteiger partial charge in [0.25, 0.3) is 10.0 Å². The van der Waals surface area contributed by atoms with Crippen molar-refractivity contribution in [3.63, 3.8) is 0 Å². The van der Waals surface area contributed by atoms with Crippen LogP contribution in [-0.4, -0.2) is 10.1 Å². The molecular weight excluding hydrogens is 638 g/mol. The summed E-state index contributed by atoms with van der Waals surface area (Å²) in [5.74, 6) is 0.113. The topological polar surface area (TPSA) is 74.4 Å². The molecule has 0 spiro atoms. The molecule has 49 heavy (non-hydrogen) atoms. The maximum atomic E-state index is 12.6. The van der Waals surface area contributed by atoms with Gasteiger partial charge >= 0.3 is 10.1 Å². The molecule has 0 aliphatic carbocycles. The predicted octanol–water partition coefficient (Wildman–Crippen LogP) is 9.14. The third kappa shape index (κ3) is 5.46. The molecule has 0 atom stereocenters. The minimum absolute atomic E-state index is 0. The second-order valence-corrected chi connectivity index (χ2v) is 13.9. The Balaban J connectivity index is 0.000000139. The molecule has 0 fully saturated rings. The van der Waals surface area contributed by atoms with Crippen molar-refractivity contribution in [2.45, 2.75) is 0 Å². The van der Waals surface area contributed by atoms with Gasteiger partial charge in [-0.1, -0.05) is 143 Å². The average molecular weight is 664 g/mol. The summed E-state index contributed by atoms with van der Waals surface area (Å²) in [6.45, 7) is 0. The molecule has 2 heterocycles. The van der Waals surface area contributed by atoms with Gasteiger partial charge in [0.15, 0.2) is 0 Å². The van der Waals surface area contributed by atoms with Gasteiger partial charge in [-0.25, -0.2) is 0 Å². The Morgan fingerprint density at radius 1 is 0.388 bits per heavy atom. The number of rotatable bonds is 2. The van der Waals surface area contributed by atoms with Crippen LogP contribution in [0.25, 0.3) is 84.7 Å². The van der Waals surface area contributed by atoms with Crippen LogP contribution < -0.4 is 20.2 Å². The normalized spacial score (nSPS) is 11.3. The smallest absolute Gasteiger partial charge is 0.872 e. The summed E-state index contributed by atoms with van der Waals surface area (Å²) < 4.78 is 2.38. The summed E-state index contributed by atoms with van der Waals surface area (Å²) in [5, 5.41) is 36.0. The van der Waals surface area contributed by atoms with Crippen molar-refractivity contribution in [2.24, 2.45) is 0 Å². The molecule has 0 unspecified atom stereocenters. The largest absolute Gasteiger partial charge is 2.00 e. The van der Waals surface area contributed by atoms with Crippen LogP contribution >= 0.6 is 22.7 Å². The third-order valence-corrected chi connectivity index (χ3v) is 11.2. The van der Waals surface area contributed by atoms with E-state index in [2.05, 4.69) is 70.6 Å². The van der Waals surface area contributed by atoms with Gasteiger partial charge in [0.1, 0.15) is 9.40 Å². The van der Waals surface area contributed by atoms with E-state index < -0.39 is 0 Å². The molecule has 8 aromatic carbocycles. The number of nitrogens with one attached hydrogen (secondary N) is 2. The maximum Gasteiger partial charge on any atom is 2.00 e. The van der Waals surface area contributed by atoms with Crippen molar-refractivity contribution in [3.8, 4) is 32.6 Å². The first-order chi connectivity index (χ1) is 23.6. The van der Waals surface area contributed by atoms with Gasteiger partial charge in [-0.15, -0.1) is 0 Å². The minimum Gasteiger partial charge on any atom is -0.872 e. The molecular formula is C42H26BeN2O2S2+2. The number of hydrogen-bond donors (Lipinski definition) is 0. The van der Waals surface area contributed by atoms with E-state index in [9.17, 15) is 10.2 Å². The van der Waals surface area contributed by atoms with Crippen molar-refractivity contribution in [3.05, 3.63) is 146 Å². The summed E-state index contributed by atoms with van der Waals surface area (Å²) in [7, 11) is 0. The van der Waals surface area contributed by atoms with E-state index in [4.69, 9.17) is 0 Å². The van der Waals surface area contributed by atoms with Crippen LogP contribution in [-0.2, 0) is 0 Å². The second kappa shape index (κ2) is 12.4. The third-order valence-electron chi connectivity index (χ3n) is 8.85. The number of hydrogen-bond acceptors (Lipinski definition) is 4. The van der Waals surface area contributed by atoms with E-state index in [1.165, 1.54) is 30.9 Å². The molecule has 0 aliphatic rings. The molecule has 2 N–H and O–H groups in total. The first-order valence-electron chi connectivity index (χ1n) is 15.7. The fourth-order valence-corrected chi connectivity index (χ4v) is 8.76. The predicted molar refractivity (Wildman–Crippen MR) is 202 cm³/mol. The van der Waals surface area contributed by atoms with Crippen LogP contribution in [0.4, 0.5) is 0 Å². The van der Waals surface area contributed by atoms with Crippen LogP contribution in [0.3, 0.4) is 0 Å². The standard InChI is InChI=1S/2C21H13NOS.Be/c2*23-19-12-15-7-2-1-6-14(15)11-17(19)21-22-18-10-9-13-5-3-4-8-16(13)20(18)24-21;/h2*1-12,23H;/q;;+2. The number of benzene rings is 8. The van der Waals surface area contributed by atoms with E-state index in [0.29, 0.717) is 0 Å². The van der Waals surface area contributed by atoms with Gasteiger partial charge in [0.05, 0.1) is 11.1 Å². The molecule has 0 aliphatic heterocycles. The van der Waals surface area contributed by atoms with E-state index in [1.54, 1.807) is 34.8 Å². The molecule has 10 aromatic rings. The Morgan fingerprint density at radius 2 is 0.735 bits per heavy atom. The summed E-state index contributed by atoms with van der Waals surface area (Å²) in [4.78, 5) is 6.86. The summed E-state index contributed by atoms with van der Waals surface area (Å²) in [5.41, 5.74) is 3.61. The number of aromatic nitrogens is 2. The van der Waals surface area contributed by atoms with Crippen LogP contribution in [0, 0.1) is 0 Å². The summed E-state index contributed by atoms with van der Waals surface area (Å²) in [6, 6.07) is 48.5. The zero-order chi connectivity index (χ0) is 32.2. The Morgan fingerprint density at radius 3 is 1.14 bits per heavy atom. The molecule has 7 heteroatoms. The molecule has 0 radical (unpaired) electrons. The van der Waals surface area contributed by atoms with Crippen LogP contribution in [0.15, 0.2) is 146 Å². The first-order valence-corrected chi connectivity index (χ1v) is 17.3. The molecule has 0 saturated heterocycles. The van der Waals surface area contributed by atoms with Gasteiger partial charge in [-0.3, -0.25) is 0 Å². The number of H-pyrrole nitrogens is 2. The van der Waals surface area contributed by atoms with E-state index in [-0.39, 0.29) is 21.6 Å². The molecule has 10 rings (SSSR count). The Hall–Kier alpha value is -5.65. The van der Waals surface area contributed by atoms with E-state index in [1.807, 2.05) is 72.8 Å². The fraction of sp³-hybridized carbons (Fsp3) is 0. The number of thiazole rings is 2. The summed E-state index contributed by atoms with van der Waals surface area (Å²) in [6.07, 6.45) is 0. The Labute approximate surface area is 293 Å². The van der Waals surface area contributed by atoms with E-state index in [0.717, 1.165) is 53.7 Å². The van der Waals surface area contributed by atoms with Gasteiger partial charge in [0.2, 0.25) is 11.0 Å². The number of fused-ring (bicyclic) bond motifs is 8. The summed E-state index contributed by atoms with van der Waals surface area (Å²) >= 11 is 3.29. The first kappa shape index (κ1) is 30.7. The van der Waals surface area contributed by atoms with Gasteiger partial charge in [0, 0.05) is 22.9 Å². The number of aromatic amines is 2. The molecule has 0 amide bonds. The molecule has 4 nitrogen and oxygen atoms in total. The monoisotopic (exact) mass is 663 g/mol. The van der Waals surface area contributed by atoms with Gasteiger partial charge < -0.3 is 10.2 Å². The van der Waals surface area contributed by atoms with Crippen LogP contribution in [0.1, 0.15) is 0 Å². The van der Waals surface area contributed by atoms with Gasteiger partial charge in [-0.05, 0) is 56.6 Å². The molecule has 0 saturated carbocycles. The minimum atomic E-state index is 0. The van der Waals surface area contributed by atoms with Gasteiger partial charge in [-0.2, -0.15) is 9.97 Å². The Kier molecular flexibility index (Phi) is 7.77. The maximum absolute atomic E-state index is 12.6. The average Bonchev–Trinajstić information content (AvgIpc) is 3.77. The SMILES string of the molecule is [Be+2].[O-]c1cc2ccccc2cc1-c1[nH+]c2ccc3ccccc3c2s1.[O-]c1cc2ccccc2cc1-c1[nH+]c2ccc3ccccc3c2s1. The molecule has 228 valence electrons. The van der Waals surface area contributed by atoms with Crippen molar-refractivity contribution in [1.82, 2.24) is 0 Å². The zero-order valence-corrected chi connectivity index (χ0v) is 27.8. The second-order valence-electron chi connectivity index (χ2n) is 11.8. The van der Waals surface area contributed by atoms with Crippen molar-refractivity contribution < 1.29 is 20.2 Å². The van der Waals surface area contributed by atoms with Crippen molar-refractivity contribution in [1.29, 1.82) is 0 Å². The van der Waals surface area contributed by atoms with Crippen LogP contribution in [0.5, 0.6) is 11.5 Å². The zero-order valence-electron chi connectivity index (χ0n) is 26.2. The Bertz CT molecular complexity index is 2650. The fourth-order valence-electron chi connectivity index (χ4n) is 6.44. The van der Waals surface area contributed by atoms with Crippen LogP contribution in [0.2, 0.25) is 0 Å². The van der Waals surface area contributed by atoms with Crippen molar-refractivity contribution in [2.75, 3.05) is 0 Å². The molecule has 0 bridgehead atoms. The van der Waals surface area contributed by atoms with E-state index >= 15 is 0 Å².